The number of aromatic nitrogens is 1. The highest BCUT2D eigenvalue weighted by Crippen LogP contribution is 2.14. The van der Waals surface area contributed by atoms with Gasteiger partial charge >= 0.3 is 0 Å². The predicted molar refractivity (Wildman–Crippen MR) is 136 cm³/mol. The van der Waals surface area contributed by atoms with Gasteiger partial charge in [-0.1, -0.05) is 66.7 Å². The molecule has 3 N–H and O–H groups in total. The second-order valence-corrected chi connectivity index (χ2v) is 7.80. The number of pyridine rings is 1. The van der Waals surface area contributed by atoms with E-state index in [1.807, 2.05) is 91.0 Å². The van der Waals surface area contributed by atoms with Gasteiger partial charge in [-0.25, -0.2) is 0 Å². The van der Waals surface area contributed by atoms with Crippen LogP contribution in [0.25, 0.3) is 10.9 Å². The molecule has 0 saturated carbocycles. The van der Waals surface area contributed by atoms with Crippen LogP contribution in [0.3, 0.4) is 0 Å². The molecule has 0 aliphatic rings. The van der Waals surface area contributed by atoms with Crippen LogP contribution in [0, 0.1) is 0 Å². The summed E-state index contributed by atoms with van der Waals surface area (Å²) in [4.78, 5) is 17.0. The van der Waals surface area contributed by atoms with Crippen molar-refractivity contribution in [1.29, 1.82) is 0 Å². The zero-order valence-corrected chi connectivity index (χ0v) is 19.1. The van der Waals surface area contributed by atoms with Crippen molar-refractivity contribution in [2.45, 2.75) is 18.9 Å². The molecular formula is C27H28ClN3O2. The van der Waals surface area contributed by atoms with Crippen molar-refractivity contribution in [2.24, 2.45) is 0 Å². The van der Waals surface area contributed by atoms with E-state index in [4.69, 9.17) is 0 Å². The van der Waals surface area contributed by atoms with Crippen LogP contribution in [0.4, 0.5) is 5.69 Å². The maximum absolute atomic E-state index is 12.4. The van der Waals surface area contributed by atoms with Crippen molar-refractivity contribution in [1.82, 2.24) is 10.3 Å². The van der Waals surface area contributed by atoms with Crippen LogP contribution in [0.1, 0.15) is 22.9 Å². The Morgan fingerprint density at radius 2 is 1.61 bits per heavy atom. The molecule has 1 amide bonds. The van der Waals surface area contributed by atoms with E-state index in [2.05, 4.69) is 15.6 Å². The molecule has 170 valence electrons. The van der Waals surface area contributed by atoms with E-state index in [1.54, 1.807) is 0 Å². The molecule has 0 bridgehead atoms. The monoisotopic (exact) mass is 461 g/mol. The summed E-state index contributed by atoms with van der Waals surface area (Å²) in [5, 5.41) is 17.5. The Labute approximate surface area is 200 Å². The van der Waals surface area contributed by atoms with Crippen LogP contribution in [-0.4, -0.2) is 29.1 Å². The van der Waals surface area contributed by atoms with Gasteiger partial charge in [0.2, 0.25) is 5.91 Å². The Hall–Kier alpha value is -3.25. The highest BCUT2D eigenvalue weighted by molar-refractivity contribution is 5.92. The lowest BCUT2D eigenvalue weighted by molar-refractivity contribution is -0.115. The minimum Gasteiger partial charge on any atom is -0.387 e. The largest absolute Gasteiger partial charge is 0.387 e. The van der Waals surface area contributed by atoms with Crippen LogP contribution >= 0.6 is 12.4 Å². The average Bonchev–Trinajstić information content (AvgIpc) is 2.83. The van der Waals surface area contributed by atoms with E-state index >= 15 is 0 Å². The SMILES string of the molecule is Cl.O=C(Cc1ccc2ccccc2n1)Nc1ccc(CCNCC(O)c2ccccc2)cc1. The summed E-state index contributed by atoms with van der Waals surface area (Å²) in [5.41, 5.74) is 4.50. The van der Waals surface area contributed by atoms with E-state index in [-0.39, 0.29) is 24.7 Å². The standard InChI is InChI=1S/C27H27N3O2.ClH/c31-26(22-7-2-1-3-8-22)19-28-17-16-20-10-13-23(14-11-20)30-27(32)18-24-15-12-21-6-4-5-9-25(21)29-24;/h1-15,26,28,31H,16-19H2,(H,30,32);1H. The number of para-hydroxylation sites is 1. The first-order valence-corrected chi connectivity index (χ1v) is 10.8. The molecule has 33 heavy (non-hydrogen) atoms. The first-order chi connectivity index (χ1) is 15.7. The molecule has 0 saturated heterocycles. The fourth-order valence-electron chi connectivity index (χ4n) is 3.60. The van der Waals surface area contributed by atoms with Crippen LogP contribution < -0.4 is 10.6 Å². The van der Waals surface area contributed by atoms with E-state index in [1.165, 1.54) is 5.56 Å². The molecule has 5 nitrogen and oxygen atoms in total. The number of hydrogen-bond donors (Lipinski definition) is 3. The van der Waals surface area contributed by atoms with Gasteiger partial charge in [0.1, 0.15) is 0 Å². The molecular weight excluding hydrogens is 434 g/mol. The topological polar surface area (TPSA) is 74.2 Å². The normalized spacial score (nSPS) is 11.5. The van der Waals surface area contributed by atoms with Gasteiger partial charge in [0.25, 0.3) is 0 Å². The minimum absolute atomic E-state index is 0. The first-order valence-electron chi connectivity index (χ1n) is 10.8. The Morgan fingerprint density at radius 1 is 0.879 bits per heavy atom. The number of carbonyl (C=O) groups excluding carboxylic acids is 1. The van der Waals surface area contributed by atoms with E-state index in [9.17, 15) is 9.90 Å². The molecule has 6 heteroatoms. The molecule has 0 aliphatic heterocycles. The van der Waals surface area contributed by atoms with Crippen molar-refractivity contribution in [3.8, 4) is 0 Å². The fourth-order valence-corrected chi connectivity index (χ4v) is 3.60. The van der Waals surface area contributed by atoms with Gasteiger partial charge < -0.3 is 15.7 Å². The number of amides is 1. The molecule has 1 heterocycles. The molecule has 0 spiro atoms. The fraction of sp³-hybridized carbons (Fsp3) is 0.185. The van der Waals surface area contributed by atoms with Gasteiger partial charge in [-0.15, -0.1) is 12.4 Å². The number of rotatable bonds is 9. The van der Waals surface area contributed by atoms with Crippen LogP contribution in [0.2, 0.25) is 0 Å². The van der Waals surface area contributed by atoms with Crippen LogP contribution in [0.15, 0.2) is 91.0 Å². The number of halogens is 1. The molecule has 1 unspecified atom stereocenters. The number of nitrogens with one attached hydrogen (secondary N) is 2. The van der Waals surface area contributed by atoms with Crippen LogP contribution in [-0.2, 0) is 17.6 Å². The van der Waals surface area contributed by atoms with Gasteiger partial charge in [0.15, 0.2) is 0 Å². The average molecular weight is 462 g/mol. The Balaban J connectivity index is 0.00000306. The number of aliphatic hydroxyl groups excluding tert-OH is 1. The quantitative estimate of drug-likeness (QED) is 0.316. The molecule has 1 aromatic heterocycles. The predicted octanol–water partition coefficient (Wildman–Crippen LogP) is 4.70. The molecule has 4 rings (SSSR count). The summed E-state index contributed by atoms with van der Waals surface area (Å²) in [5.74, 6) is -0.0860. The van der Waals surface area contributed by atoms with Gasteiger partial charge in [-0.05, 0) is 48.4 Å². The number of benzene rings is 3. The highest BCUT2D eigenvalue weighted by atomic mass is 35.5. The molecule has 3 aromatic carbocycles. The Morgan fingerprint density at radius 3 is 2.39 bits per heavy atom. The van der Waals surface area contributed by atoms with Gasteiger partial charge in [-0.2, -0.15) is 0 Å². The maximum Gasteiger partial charge on any atom is 0.230 e. The number of aliphatic hydroxyl groups is 1. The van der Waals surface area contributed by atoms with Crippen molar-refractivity contribution in [3.63, 3.8) is 0 Å². The molecule has 0 fully saturated rings. The third-order valence-corrected chi connectivity index (χ3v) is 5.35. The lowest BCUT2D eigenvalue weighted by Gasteiger charge is -2.12. The van der Waals surface area contributed by atoms with E-state index in [0.717, 1.165) is 40.8 Å². The van der Waals surface area contributed by atoms with Gasteiger partial charge in [0.05, 0.1) is 23.7 Å². The summed E-state index contributed by atoms with van der Waals surface area (Å²) in [6.07, 6.45) is 0.572. The number of anilines is 1. The number of nitrogens with zero attached hydrogens (tertiary/aromatic N) is 1. The summed E-state index contributed by atoms with van der Waals surface area (Å²) >= 11 is 0. The van der Waals surface area contributed by atoms with Crippen molar-refractivity contribution >= 4 is 34.9 Å². The summed E-state index contributed by atoms with van der Waals surface area (Å²) in [6.45, 7) is 1.28. The van der Waals surface area contributed by atoms with E-state index in [0.29, 0.717) is 6.54 Å². The smallest absolute Gasteiger partial charge is 0.230 e. The van der Waals surface area contributed by atoms with Crippen LogP contribution in [0.5, 0.6) is 0 Å². The molecule has 4 aromatic rings. The lowest BCUT2D eigenvalue weighted by atomic mass is 10.1. The number of hydrogen-bond acceptors (Lipinski definition) is 4. The first kappa shape index (κ1) is 24.4. The number of carbonyl (C=O) groups is 1. The Kier molecular flexibility index (Phi) is 8.95. The maximum atomic E-state index is 12.4. The van der Waals surface area contributed by atoms with E-state index < -0.39 is 6.10 Å². The Bertz CT molecular complexity index is 1170. The second kappa shape index (κ2) is 12.1. The minimum atomic E-state index is -0.508. The highest BCUT2D eigenvalue weighted by Gasteiger charge is 2.07. The number of fused-ring (bicyclic) bond motifs is 1. The van der Waals surface area contributed by atoms with Gasteiger partial charge in [-0.3, -0.25) is 9.78 Å². The zero-order valence-electron chi connectivity index (χ0n) is 18.3. The van der Waals surface area contributed by atoms with Crippen molar-refractivity contribution < 1.29 is 9.90 Å². The third-order valence-electron chi connectivity index (χ3n) is 5.35. The van der Waals surface area contributed by atoms with Crippen molar-refractivity contribution in [3.05, 3.63) is 108 Å². The zero-order chi connectivity index (χ0) is 22.2. The molecule has 1 atom stereocenters. The lowest BCUT2D eigenvalue weighted by Crippen LogP contribution is -2.23. The molecule has 0 aliphatic carbocycles. The summed E-state index contributed by atoms with van der Waals surface area (Å²) < 4.78 is 0. The third kappa shape index (κ3) is 7.12. The van der Waals surface area contributed by atoms with Gasteiger partial charge in [0, 0.05) is 17.6 Å². The molecule has 0 radical (unpaired) electrons. The summed E-state index contributed by atoms with van der Waals surface area (Å²) in [6, 6.07) is 29.3. The summed E-state index contributed by atoms with van der Waals surface area (Å²) in [7, 11) is 0. The second-order valence-electron chi connectivity index (χ2n) is 7.80. The van der Waals surface area contributed by atoms with Crippen molar-refractivity contribution in [2.75, 3.05) is 18.4 Å².